The van der Waals surface area contributed by atoms with E-state index in [1.54, 1.807) is 17.0 Å². The second-order valence-corrected chi connectivity index (χ2v) is 8.24. The first-order chi connectivity index (χ1) is 16.2. The number of carbonyl (C=O) groups is 1. The molecule has 0 fully saturated rings. The van der Waals surface area contributed by atoms with E-state index >= 15 is 0 Å². The van der Waals surface area contributed by atoms with Crippen molar-refractivity contribution in [3.63, 3.8) is 0 Å². The Balaban J connectivity index is 1.35. The molecule has 2 heterocycles. The number of aromatic nitrogens is 2. The fourth-order valence-electron chi connectivity index (χ4n) is 3.26. The van der Waals surface area contributed by atoms with E-state index in [1.807, 2.05) is 60.8 Å². The van der Waals surface area contributed by atoms with Gasteiger partial charge in [0.25, 0.3) is 11.8 Å². The van der Waals surface area contributed by atoms with Gasteiger partial charge in [0.15, 0.2) is 6.61 Å². The Hall–Kier alpha value is -3.96. The van der Waals surface area contributed by atoms with E-state index in [-0.39, 0.29) is 19.1 Å². The lowest BCUT2D eigenvalue weighted by Gasteiger charge is -2.20. The molecule has 7 nitrogen and oxygen atoms in total. The molecular weight excluding hydrogens is 436 g/mol. The third kappa shape index (κ3) is 5.64. The number of nitriles is 1. The van der Waals surface area contributed by atoms with Crippen molar-refractivity contribution in [2.24, 2.45) is 0 Å². The van der Waals surface area contributed by atoms with Gasteiger partial charge in [0.1, 0.15) is 5.75 Å². The Morgan fingerprint density at radius 1 is 1.09 bits per heavy atom. The third-order valence-electron chi connectivity index (χ3n) is 4.94. The molecule has 8 heteroatoms. The molecule has 0 saturated carbocycles. The fraction of sp³-hybridized carbons (Fsp3) is 0.200. The Kier molecular flexibility index (Phi) is 7.12. The molecule has 0 aliphatic rings. The topological polar surface area (TPSA) is 92.2 Å². The summed E-state index contributed by atoms with van der Waals surface area (Å²) in [4.78, 5) is 15.3. The van der Waals surface area contributed by atoms with Crippen molar-refractivity contribution >= 4 is 17.2 Å². The van der Waals surface area contributed by atoms with Crippen LogP contribution in [0.25, 0.3) is 21.9 Å². The third-order valence-corrected chi connectivity index (χ3v) is 5.79. The zero-order valence-electron chi connectivity index (χ0n) is 18.1. The Morgan fingerprint density at radius 2 is 1.82 bits per heavy atom. The predicted octanol–water partition coefficient (Wildman–Crippen LogP) is 5.15. The molecule has 33 heavy (non-hydrogen) atoms. The Bertz CT molecular complexity index is 1230. The van der Waals surface area contributed by atoms with Gasteiger partial charge in [-0.15, -0.1) is 21.5 Å². The van der Waals surface area contributed by atoms with Gasteiger partial charge in [0, 0.05) is 6.54 Å². The van der Waals surface area contributed by atoms with Crippen molar-refractivity contribution < 1.29 is 13.9 Å². The highest BCUT2D eigenvalue weighted by atomic mass is 32.1. The normalized spacial score (nSPS) is 10.5. The summed E-state index contributed by atoms with van der Waals surface area (Å²) in [5.41, 5.74) is 2.63. The minimum absolute atomic E-state index is 0.0812. The number of ether oxygens (including phenoxy) is 1. The van der Waals surface area contributed by atoms with Gasteiger partial charge >= 0.3 is 0 Å². The van der Waals surface area contributed by atoms with Crippen LogP contribution in [0.15, 0.2) is 70.5 Å². The van der Waals surface area contributed by atoms with Gasteiger partial charge in [0.2, 0.25) is 5.89 Å². The van der Waals surface area contributed by atoms with Crippen LogP contribution in [0.2, 0.25) is 0 Å². The van der Waals surface area contributed by atoms with Crippen LogP contribution < -0.4 is 4.74 Å². The van der Waals surface area contributed by atoms with Crippen molar-refractivity contribution in [2.75, 3.05) is 13.2 Å². The smallest absolute Gasteiger partial charge is 0.260 e. The average Bonchev–Trinajstić information content (AvgIpc) is 3.55. The maximum Gasteiger partial charge on any atom is 0.260 e. The molecule has 4 aromatic rings. The highest BCUT2D eigenvalue weighted by Gasteiger charge is 2.18. The summed E-state index contributed by atoms with van der Waals surface area (Å²) < 4.78 is 11.4. The molecule has 0 atom stereocenters. The van der Waals surface area contributed by atoms with Crippen LogP contribution in [0.1, 0.15) is 24.8 Å². The minimum atomic E-state index is -0.149. The van der Waals surface area contributed by atoms with Crippen LogP contribution in [-0.4, -0.2) is 34.2 Å². The molecule has 0 N–H and O–H groups in total. The molecule has 2 aromatic heterocycles. The summed E-state index contributed by atoms with van der Waals surface area (Å²) in [6, 6.07) is 20.8. The highest BCUT2D eigenvalue weighted by molar-refractivity contribution is 7.13. The summed E-state index contributed by atoms with van der Waals surface area (Å²) in [6.07, 6.45) is 0.803. The second kappa shape index (κ2) is 10.6. The number of carbonyl (C=O) groups excluding carboxylic acids is 1. The van der Waals surface area contributed by atoms with Crippen LogP contribution in [0.3, 0.4) is 0 Å². The number of benzene rings is 2. The molecule has 4 rings (SSSR count). The van der Waals surface area contributed by atoms with E-state index in [1.165, 1.54) is 11.3 Å². The van der Waals surface area contributed by atoms with Crippen LogP contribution in [-0.2, 0) is 11.3 Å². The van der Waals surface area contributed by atoms with E-state index in [0.29, 0.717) is 29.6 Å². The first-order valence-corrected chi connectivity index (χ1v) is 11.4. The first kappa shape index (κ1) is 22.2. The second-order valence-electron chi connectivity index (χ2n) is 7.30. The van der Waals surface area contributed by atoms with Crippen molar-refractivity contribution in [1.82, 2.24) is 15.1 Å². The number of rotatable bonds is 9. The molecule has 0 saturated heterocycles. The predicted molar refractivity (Wildman–Crippen MR) is 125 cm³/mol. The molecule has 0 bridgehead atoms. The van der Waals surface area contributed by atoms with Crippen LogP contribution in [0.4, 0.5) is 0 Å². The van der Waals surface area contributed by atoms with Crippen LogP contribution >= 0.6 is 11.3 Å². The molecule has 0 unspecified atom stereocenters. The largest absolute Gasteiger partial charge is 0.484 e. The summed E-state index contributed by atoms with van der Waals surface area (Å²) in [6.45, 7) is 2.73. The van der Waals surface area contributed by atoms with Gasteiger partial charge in [-0.2, -0.15) is 5.26 Å². The van der Waals surface area contributed by atoms with E-state index in [0.717, 1.165) is 22.4 Å². The molecular formula is C25H22N4O3S. The van der Waals surface area contributed by atoms with Crippen LogP contribution in [0, 0.1) is 11.3 Å². The molecule has 0 radical (unpaired) electrons. The molecule has 166 valence electrons. The average molecular weight is 459 g/mol. The number of hydrogen-bond acceptors (Lipinski definition) is 7. The zero-order chi connectivity index (χ0) is 23.0. The molecule has 2 aromatic carbocycles. The fourth-order valence-corrected chi connectivity index (χ4v) is 3.90. The molecule has 0 aliphatic carbocycles. The van der Waals surface area contributed by atoms with Crippen molar-refractivity contribution in [1.29, 1.82) is 5.26 Å². The minimum Gasteiger partial charge on any atom is -0.484 e. The molecule has 0 spiro atoms. The highest BCUT2D eigenvalue weighted by Crippen LogP contribution is 2.24. The van der Waals surface area contributed by atoms with E-state index in [4.69, 9.17) is 14.4 Å². The number of hydrogen-bond donors (Lipinski definition) is 0. The maximum atomic E-state index is 12.8. The van der Waals surface area contributed by atoms with Gasteiger partial charge in [-0.25, -0.2) is 0 Å². The Morgan fingerprint density at radius 3 is 2.45 bits per heavy atom. The molecule has 0 aliphatic heterocycles. The van der Waals surface area contributed by atoms with Crippen LogP contribution in [0.5, 0.6) is 5.75 Å². The van der Waals surface area contributed by atoms with Gasteiger partial charge in [-0.1, -0.05) is 37.3 Å². The number of nitrogens with zero attached hydrogens (tertiary/aromatic N) is 4. The SMILES string of the molecule is CCCN(Cc1nnc(-c2cccs2)o1)C(=O)COc1ccc(-c2ccc(C#N)cc2)cc1. The van der Waals surface area contributed by atoms with E-state index in [2.05, 4.69) is 16.3 Å². The summed E-state index contributed by atoms with van der Waals surface area (Å²) in [5.74, 6) is 1.31. The van der Waals surface area contributed by atoms with Gasteiger partial charge in [-0.05, 0) is 53.3 Å². The lowest BCUT2D eigenvalue weighted by atomic mass is 10.0. The summed E-state index contributed by atoms with van der Waals surface area (Å²) >= 11 is 1.52. The molecule has 1 amide bonds. The maximum absolute atomic E-state index is 12.8. The van der Waals surface area contributed by atoms with E-state index in [9.17, 15) is 4.79 Å². The quantitative estimate of drug-likeness (QED) is 0.344. The lowest BCUT2D eigenvalue weighted by Crippen LogP contribution is -2.35. The van der Waals surface area contributed by atoms with Crippen molar-refractivity contribution in [3.8, 4) is 33.7 Å². The monoisotopic (exact) mass is 458 g/mol. The Labute approximate surface area is 195 Å². The van der Waals surface area contributed by atoms with Gasteiger partial charge in [-0.3, -0.25) is 4.79 Å². The number of amides is 1. The summed E-state index contributed by atoms with van der Waals surface area (Å²) in [5, 5.41) is 19.0. The number of thiophene rings is 1. The van der Waals surface area contributed by atoms with Crippen molar-refractivity contribution in [3.05, 3.63) is 77.5 Å². The first-order valence-electron chi connectivity index (χ1n) is 10.5. The summed E-state index contributed by atoms with van der Waals surface area (Å²) in [7, 11) is 0. The van der Waals surface area contributed by atoms with Crippen molar-refractivity contribution in [2.45, 2.75) is 19.9 Å². The van der Waals surface area contributed by atoms with Gasteiger partial charge in [0.05, 0.1) is 23.1 Å². The van der Waals surface area contributed by atoms with Gasteiger partial charge < -0.3 is 14.1 Å². The zero-order valence-corrected chi connectivity index (χ0v) is 18.9. The van der Waals surface area contributed by atoms with E-state index < -0.39 is 0 Å². The lowest BCUT2D eigenvalue weighted by molar-refractivity contribution is -0.134. The standard InChI is InChI=1S/C25H22N4O3S/c1-2-13-29(16-23-27-28-25(32-23)22-4-3-14-33-22)24(30)17-31-21-11-9-20(10-12-21)19-7-5-18(15-26)6-8-19/h3-12,14H,2,13,16-17H2,1H3.